The van der Waals surface area contributed by atoms with Gasteiger partial charge in [-0.2, -0.15) is 0 Å². The molecular weight excluding hydrogens is 285 g/mol. The summed E-state index contributed by atoms with van der Waals surface area (Å²) in [6, 6.07) is 0.181. The van der Waals surface area contributed by atoms with Gasteiger partial charge < -0.3 is 23.5 Å². The minimum absolute atomic E-state index is 0.0553. The number of phosphoric ester groups is 1. The zero-order chi connectivity index (χ0) is 15.8. The number of hydrogen-bond acceptors (Lipinski definition) is 5. The Morgan fingerprint density at radius 3 is 2.45 bits per heavy atom. The fraction of sp³-hybridized carbons (Fsp3) is 0.750. The number of carbonyl (C=O) groups is 1. The van der Waals surface area contributed by atoms with Crippen LogP contribution in [-0.2, 0) is 18.6 Å². The molecule has 1 N–H and O–H groups in total. The van der Waals surface area contributed by atoms with E-state index in [1.807, 2.05) is 21.1 Å². The largest absolute Gasteiger partial charge is 0.756 e. The highest BCUT2D eigenvalue weighted by Crippen LogP contribution is 2.30. The quantitative estimate of drug-likeness (QED) is 0.207. The van der Waals surface area contributed by atoms with Gasteiger partial charge in [0.25, 0.3) is 7.82 Å². The van der Waals surface area contributed by atoms with E-state index in [1.165, 1.54) is 0 Å². The Kier molecular flexibility index (Phi) is 8.23. The maximum atomic E-state index is 11.0. The zero-order valence-corrected chi connectivity index (χ0v) is 13.2. The number of hydrogen-bond donors (Lipinski definition) is 1. The van der Waals surface area contributed by atoms with Crippen LogP contribution in [0.25, 0.3) is 0 Å². The molecule has 0 bridgehead atoms. The molecule has 0 heterocycles. The van der Waals surface area contributed by atoms with Crippen molar-refractivity contribution in [2.75, 3.05) is 34.4 Å². The first kappa shape index (κ1) is 19.3. The van der Waals surface area contributed by atoms with E-state index in [1.54, 1.807) is 0 Å². The molecule has 0 aromatic heterocycles. The maximum Gasteiger partial charge on any atom is 0.330 e. The Morgan fingerprint density at radius 1 is 1.40 bits per heavy atom. The van der Waals surface area contributed by atoms with Gasteiger partial charge in [0.15, 0.2) is 0 Å². The van der Waals surface area contributed by atoms with Crippen LogP contribution in [0.15, 0.2) is 12.7 Å². The van der Waals surface area contributed by atoms with E-state index in [2.05, 4.69) is 11.1 Å². The standard InChI is InChI=1S/C12H24NO6P/c1-5-12(14)18-10-8-11(13(2,3)4)7-6-9-19-20(15,16)17/h5,11H,1,6-10H2,2-4H3,(H-,15,16,17). The second-order valence-corrected chi connectivity index (χ2v) is 6.57. The van der Waals surface area contributed by atoms with Crippen molar-refractivity contribution in [2.45, 2.75) is 25.3 Å². The fourth-order valence-electron chi connectivity index (χ4n) is 1.77. The van der Waals surface area contributed by atoms with Crippen molar-refractivity contribution >= 4 is 13.8 Å². The van der Waals surface area contributed by atoms with Crippen LogP contribution >= 0.6 is 7.82 Å². The topological polar surface area (TPSA) is 95.9 Å². The molecular formula is C12H24NO6P. The van der Waals surface area contributed by atoms with Crippen molar-refractivity contribution in [1.82, 2.24) is 0 Å². The van der Waals surface area contributed by atoms with Crippen LogP contribution < -0.4 is 4.89 Å². The van der Waals surface area contributed by atoms with Crippen LogP contribution in [0.3, 0.4) is 0 Å². The van der Waals surface area contributed by atoms with Crippen LogP contribution in [-0.4, -0.2) is 55.7 Å². The summed E-state index contributed by atoms with van der Waals surface area (Å²) in [6.45, 7) is 3.54. The van der Waals surface area contributed by atoms with E-state index in [0.717, 1.165) is 6.08 Å². The molecule has 20 heavy (non-hydrogen) atoms. The van der Waals surface area contributed by atoms with Crippen LogP contribution in [0.2, 0.25) is 0 Å². The molecule has 118 valence electrons. The molecule has 0 aliphatic heterocycles. The number of phosphoric acid groups is 1. The molecule has 0 aromatic rings. The number of carbonyl (C=O) groups excluding carboxylic acids is 1. The average molecular weight is 309 g/mol. The summed E-state index contributed by atoms with van der Waals surface area (Å²) in [6.07, 6.45) is 2.94. The van der Waals surface area contributed by atoms with Crippen LogP contribution in [0.4, 0.5) is 0 Å². The van der Waals surface area contributed by atoms with Gasteiger partial charge in [0, 0.05) is 18.9 Å². The molecule has 0 saturated heterocycles. The number of quaternary nitrogens is 1. The van der Waals surface area contributed by atoms with Gasteiger partial charge in [-0.3, -0.25) is 4.57 Å². The molecule has 0 fully saturated rings. The molecule has 0 saturated carbocycles. The first-order valence-electron chi connectivity index (χ1n) is 6.35. The van der Waals surface area contributed by atoms with Gasteiger partial charge in [0.2, 0.25) is 0 Å². The molecule has 0 aromatic carbocycles. The van der Waals surface area contributed by atoms with E-state index >= 15 is 0 Å². The highest BCUT2D eigenvalue weighted by molar-refractivity contribution is 7.44. The highest BCUT2D eigenvalue weighted by atomic mass is 31.2. The van der Waals surface area contributed by atoms with Crippen molar-refractivity contribution in [3.63, 3.8) is 0 Å². The number of rotatable bonds is 10. The summed E-state index contributed by atoms with van der Waals surface area (Å²) in [5.41, 5.74) is 0. The van der Waals surface area contributed by atoms with Crippen LogP contribution in [0.5, 0.6) is 0 Å². The Balaban J connectivity index is 4.14. The molecule has 0 spiro atoms. The zero-order valence-electron chi connectivity index (χ0n) is 12.3. The summed E-state index contributed by atoms with van der Waals surface area (Å²) in [5, 5.41) is 0. The third-order valence-corrected chi connectivity index (χ3v) is 3.40. The maximum absolute atomic E-state index is 11.0. The summed E-state index contributed by atoms with van der Waals surface area (Å²) < 4.78 is 20.3. The van der Waals surface area contributed by atoms with E-state index in [4.69, 9.17) is 9.63 Å². The second kappa shape index (κ2) is 8.54. The minimum atomic E-state index is -4.64. The Bertz CT molecular complexity index is 359. The monoisotopic (exact) mass is 309 g/mol. The lowest BCUT2D eigenvalue weighted by molar-refractivity contribution is -0.896. The predicted octanol–water partition coefficient (Wildman–Crippen LogP) is 0.438. The summed E-state index contributed by atoms with van der Waals surface area (Å²) >= 11 is 0. The third kappa shape index (κ3) is 10.1. The number of ether oxygens (including phenoxy) is 1. The summed E-state index contributed by atoms with van der Waals surface area (Å²) in [7, 11) is 1.38. The molecule has 2 unspecified atom stereocenters. The summed E-state index contributed by atoms with van der Waals surface area (Å²) in [5.74, 6) is -0.457. The van der Waals surface area contributed by atoms with Gasteiger partial charge in [-0.1, -0.05) is 6.58 Å². The van der Waals surface area contributed by atoms with E-state index in [0.29, 0.717) is 23.7 Å². The van der Waals surface area contributed by atoms with Crippen molar-refractivity contribution in [3.8, 4) is 0 Å². The fourth-order valence-corrected chi connectivity index (χ4v) is 2.13. The molecule has 0 amide bonds. The van der Waals surface area contributed by atoms with Crippen molar-refractivity contribution < 1.29 is 32.9 Å². The molecule has 0 aliphatic rings. The molecule has 2 atom stereocenters. The SMILES string of the molecule is C=CC(=O)OCCC(CCCOP(=O)([O-])O)[N+](C)(C)C. The average Bonchev–Trinajstić information content (AvgIpc) is 2.28. The number of esters is 1. The Morgan fingerprint density at radius 2 is 2.00 bits per heavy atom. The van der Waals surface area contributed by atoms with Gasteiger partial charge in [-0.25, -0.2) is 4.79 Å². The van der Waals surface area contributed by atoms with Gasteiger partial charge in [-0.15, -0.1) is 0 Å². The Hall–Kier alpha value is -0.720. The van der Waals surface area contributed by atoms with Crippen LogP contribution in [0.1, 0.15) is 19.3 Å². The van der Waals surface area contributed by atoms with E-state index < -0.39 is 13.8 Å². The minimum Gasteiger partial charge on any atom is -0.756 e. The van der Waals surface area contributed by atoms with E-state index in [9.17, 15) is 14.3 Å². The Labute approximate surface area is 120 Å². The summed E-state index contributed by atoms with van der Waals surface area (Å²) in [4.78, 5) is 29.9. The molecule has 8 heteroatoms. The first-order valence-corrected chi connectivity index (χ1v) is 7.84. The van der Waals surface area contributed by atoms with Crippen LogP contribution in [0, 0.1) is 0 Å². The lowest BCUT2D eigenvalue weighted by Gasteiger charge is -2.34. The highest BCUT2D eigenvalue weighted by Gasteiger charge is 2.23. The van der Waals surface area contributed by atoms with Gasteiger partial charge in [0.1, 0.15) is 0 Å². The molecule has 0 rings (SSSR count). The van der Waals surface area contributed by atoms with Gasteiger partial charge in [0.05, 0.1) is 40.4 Å². The molecule has 0 radical (unpaired) electrons. The molecule has 7 nitrogen and oxygen atoms in total. The van der Waals surface area contributed by atoms with Gasteiger partial charge in [-0.05, 0) is 6.42 Å². The number of nitrogens with zero attached hydrogens (tertiary/aromatic N) is 1. The smallest absolute Gasteiger partial charge is 0.330 e. The predicted molar refractivity (Wildman–Crippen MR) is 72.6 cm³/mol. The molecule has 0 aliphatic carbocycles. The normalized spacial score (nSPS) is 16.2. The first-order chi connectivity index (χ1) is 9.06. The van der Waals surface area contributed by atoms with Gasteiger partial charge >= 0.3 is 5.97 Å². The van der Waals surface area contributed by atoms with Crippen molar-refractivity contribution in [1.29, 1.82) is 0 Å². The van der Waals surface area contributed by atoms with Crippen molar-refractivity contribution in [2.24, 2.45) is 0 Å². The lowest BCUT2D eigenvalue weighted by Crippen LogP contribution is -2.45. The third-order valence-electron chi connectivity index (χ3n) is 2.89. The van der Waals surface area contributed by atoms with E-state index in [-0.39, 0.29) is 19.3 Å². The van der Waals surface area contributed by atoms with Crippen molar-refractivity contribution in [3.05, 3.63) is 12.7 Å². The lowest BCUT2D eigenvalue weighted by atomic mass is 10.1. The second-order valence-electron chi connectivity index (χ2n) is 5.37.